The minimum Gasteiger partial charge on any atom is -0.376 e. The second kappa shape index (κ2) is 10.3. The average Bonchev–Trinajstić information content (AvgIpc) is 2.84. The molecule has 7 heteroatoms. The number of pyridine rings is 1. The fourth-order valence-electron chi connectivity index (χ4n) is 4.41. The van der Waals surface area contributed by atoms with Crippen LogP contribution in [-0.2, 0) is 11.3 Å². The van der Waals surface area contributed by atoms with Crippen molar-refractivity contribution < 1.29 is 4.74 Å². The van der Waals surface area contributed by atoms with E-state index in [1.807, 2.05) is 30.3 Å². The Morgan fingerprint density at radius 3 is 2.69 bits per heavy atom. The van der Waals surface area contributed by atoms with E-state index in [0.29, 0.717) is 17.5 Å². The Bertz CT molecular complexity index is 1320. The summed E-state index contributed by atoms with van der Waals surface area (Å²) in [6, 6.07) is 18.3. The predicted molar refractivity (Wildman–Crippen MR) is 142 cm³/mol. The minimum atomic E-state index is 0.208. The van der Waals surface area contributed by atoms with E-state index < -0.39 is 0 Å². The van der Waals surface area contributed by atoms with Crippen LogP contribution in [0.3, 0.4) is 0 Å². The van der Waals surface area contributed by atoms with Gasteiger partial charge in [-0.2, -0.15) is 0 Å². The summed E-state index contributed by atoms with van der Waals surface area (Å²) in [4.78, 5) is 16.7. The fraction of sp³-hybridized carbons (Fsp3) is 0.321. The molecule has 0 aliphatic carbocycles. The Labute approximate surface area is 211 Å². The number of hydrogen-bond donors (Lipinski definition) is 1. The summed E-state index contributed by atoms with van der Waals surface area (Å²) in [6.07, 6.45) is 1.96. The van der Waals surface area contributed by atoms with E-state index in [1.54, 1.807) is 6.20 Å². The number of halogens is 1. The quantitative estimate of drug-likeness (QED) is 0.338. The Morgan fingerprint density at radius 2 is 1.94 bits per heavy atom. The van der Waals surface area contributed by atoms with E-state index in [4.69, 9.17) is 26.3 Å². The molecular weight excluding hydrogens is 458 g/mol. The molecule has 35 heavy (non-hydrogen) atoms. The predicted octanol–water partition coefficient (Wildman–Crippen LogP) is 6.43. The van der Waals surface area contributed by atoms with E-state index in [-0.39, 0.29) is 6.10 Å². The molecule has 1 saturated heterocycles. The second-order valence-electron chi connectivity index (χ2n) is 9.37. The molecule has 1 aliphatic heterocycles. The highest BCUT2D eigenvalue weighted by Crippen LogP contribution is 2.31. The largest absolute Gasteiger partial charge is 0.376 e. The Hall–Kier alpha value is -3.06. The highest BCUT2D eigenvalue weighted by Gasteiger charge is 2.19. The number of anilines is 2. The number of aromatic nitrogens is 3. The summed E-state index contributed by atoms with van der Waals surface area (Å²) in [5.41, 5.74) is 4.84. The minimum absolute atomic E-state index is 0.208. The van der Waals surface area contributed by atoms with Crippen LogP contribution < -0.4 is 5.32 Å². The first kappa shape index (κ1) is 23.7. The number of ether oxygens (including phenoxy) is 1. The Balaban J connectivity index is 1.54. The van der Waals surface area contributed by atoms with Gasteiger partial charge < -0.3 is 10.1 Å². The van der Waals surface area contributed by atoms with E-state index in [1.165, 1.54) is 5.56 Å². The molecule has 0 saturated carbocycles. The fourth-order valence-corrected chi connectivity index (χ4v) is 4.64. The molecule has 1 atom stereocenters. The first-order chi connectivity index (χ1) is 17.0. The van der Waals surface area contributed by atoms with Crippen LogP contribution in [0.1, 0.15) is 38.1 Å². The van der Waals surface area contributed by atoms with Gasteiger partial charge in [0.05, 0.1) is 35.5 Å². The molecule has 0 amide bonds. The average molecular weight is 488 g/mol. The van der Waals surface area contributed by atoms with Gasteiger partial charge in [0.25, 0.3) is 0 Å². The SMILES string of the molecule is CC(C)c1ccc(Nc2nc(CN3CCO[C@H](C)C3)nc3cc(-c4ncccc4Cl)ccc23)cc1. The van der Waals surface area contributed by atoms with Crippen LogP contribution in [0.5, 0.6) is 0 Å². The van der Waals surface area contributed by atoms with Crippen LogP contribution in [0.4, 0.5) is 11.5 Å². The van der Waals surface area contributed by atoms with Crippen molar-refractivity contribution in [3.8, 4) is 11.3 Å². The summed E-state index contributed by atoms with van der Waals surface area (Å²) >= 11 is 6.43. The molecule has 5 rings (SSSR count). The lowest BCUT2D eigenvalue weighted by Crippen LogP contribution is -2.40. The molecule has 4 aromatic rings. The number of nitrogens with one attached hydrogen (secondary N) is 1. The summed E-state index contributed by atoms with van der Waals surface area (Å²) in [7, 11) is 0. The summed E-state index contributed by atoms with van der Waals surface area (Å²) < 4.78 is 5.71. The molecule has 2 aromatic carbocycles. The maximum atomic E-state index is 6.43. The highest BCUT2D eigenvalue weighted by molar-refractivity contribution is 6.33. The van der Waals surface area contributed by atoms with Crippen molar-refractivity contribution in [2.45, 2.75) is 39.3 Å². The number of nitrogens with zero attached hydrogens (tertiary/aromatic N) is 4. The molecule has 0 unspecified atom stereocenters. The molecular formula is C28H30ClN5O. The van der Waals surface area contributed by atoms with Crippen LogP contribution >= 0.6 is 11.6 Å². The number of rotatable bonds is 6. The van der Waals surface area contributed by atoms with Crippen molar-refractivity contribution in [1.82, 2.24) is 19.9 Å². The normalized spacial score (nSPS) is 16.7. The van der Waals surface area contributed by atoms with Crippen LogP contribution in [0.25, 0.3) is 22.2 Å². The van der Waals surface area contributed by atoms with E-state index in [2.05, 4.69) is 60.2 Å². The summed E-state index contributed by atoms with van der Waals surface area (Å²) in [5, 5.41) is 5.10. The lowest BCUT2D eigenvalue weighted by atomic mass is 10.0. The van der Waals surface area contributed by atoms with Gasteiger partial charge in [-0.25, -0.2) is 9.97 Å². The third-order valence-electron chi connectivity index (χ3n) is 6.31. The molecule has 6 nitrogen and oxygen atoms in total. The third kappa shape index (κ3) is 5.45. The zero-order valence-corrected chi connectivity index (χ0v) is 21.1. The van der Waals surface area contributed by atoms with Gasteiger partial charge in [-0.15, -0.1) is 0 Å². The lowest BCUT2D eigenvalue weighted by molar-refractivity contribution is -0.0219. The van der Waals surface area contributed by atoms with Crippen molar-refractivity contribution in [2.24, 2.45) is 0 Å². The van der Waals surface area contributed by atoms with Gasteiger partial charge in [-0.3, -0.25) is 9.88 Å². The summed E-state index contributed by atoms with van der Waals surface area (Å²) in [5.74, 6) is 2.06. The first-order valence-corrected chi connectivity index (χ1v) is 12.5. The van der Waals surface area contributed by atoms with Gasteiger partial charge in [0, 0.05) is 35.9 Å². The molecule has 0 radical (unpaired) electrons. The molecule has 180 valence electrons. The lowest BCUT2D eigenvalue weighted by Gasteiger charge is -2.30. The number of fused-ring (bicyclic) bond motifs is 1. The van der Waals surface area contributed by atoms with Crippen molar-refractivity contribution in [1.29, 1.82) is 0 Å². The van der Waals surface area contributed by atoms with E-state index in [0.717, 1.165) is 59.2 Å². The van der Waals surface area contributed by atoms with Crippen molar-refractivity contribution in [3.05, 3.63) is 77.2 Å². The third-order valence-corrected chi connectivity index (χ3v) is 6.61. The molecule has 0 spiro atoms. The molecule has 0 bridgehead atoms. The topological polar surface area (TPSA) is 63.2 Å². The molecule has 3 heterocycles. The van der Waals surface area contributed by atoms with Gasteiger partial charge in [-0.05, 0) is 54.8 Å². The van der Waals surface area contributed by atoms with Crippen LogP contribution in [-0.4, -0.2) is 45.7 Å². The van der Waals surface area contributed by atoms with Gasteiger partial charge >= 0.3 is 0 Å². The molecule has 2 aromatic heterocycles. The first-order valence-electron chi connectivity index (χ1n) is 12.1. The molecule has 1 aliphatic rings. The van der Waals surface area contributed by atoms with Gasteiger partial charge in [-0.1, -0.05) is 43.6 Å². The zero-order valence-electron chi connectivity index (χ0n) is 20.3. The summed E-state index contributed by atoms with van der Waals surface area (Å²) in [6.45, 7) is 9.63. The van der Waals surface area contributed by atoms with Crippen molar-refractivity contribution in [2.75, 3.05) is 25.0 Å². The van der Waals surface area contributed by atoms with Crippen molar-refractivity contribution >= 4 is 34.0 Å². The zero-order chi connectivity index (χ0) is 24.4. The van der Waals surface area contributed by atoms with Crippen LogP contribution in [0.15, 0.2) is 60.8 Å². The van der Waals surface area contributed by atoms with Gasteiger partial charge in [0.2, 0.25) is 0 Å². The number of hydrogen-bond acceptors (Lipinski definition) is 6. The number of benzene rings is 2. The smallest absolute Gasteiger partial charge is 0.145 e. The van der Waals surface area contributed by atoms with Gasteiger partial charge in [0.15, 0.2) is 0 Å². The van der Waals surface area contributed by atoms with Crippen LogP contribution in [0.2, 0.25) is 5.02 Å². The second-order valence-corrected chi connectivity index (χ2v) is 9.78. The van der Waals surface area contributed by atoms with E-state index in [9.17, 15) is 0 Å². The van der Waals surface area contributed by atoms with Gasteiger partial charge in [0.1, 0.15) is 11.6 Å². The monoisotopic (exact) mass is 487 g/mol. The van der Waals surface area contributed by atoms with E-state index >= 15 is 0 Å². The maximum absolute atomic E-state index is 6.43. The standard InChI is InChI=1S/C28H30ClN5O/c1-18(2)20-6-9-22(10-7-20)31-28-23-11-8-21(27-24(29)5-4-12-30-27)15-25(23)32-26(33-28)17-34-13-14-35-19(3)16-34/h4-12,15,18-19H,13-14,16-17H2,1-3H3,(H,31,32,33)/t19-/m1/s1. The highest BCUT2D eigenvalue weighted by atomic mass is 35.5. The molecule has 1 fully saturated rings. The Kier molecular flexibility index (Phi) is 6.95. The van der Waals surface area contributed by atoms with Crippen molar-refractivity contribution in [3.63, 3.8) is 0 Å². The molecule has 1 N–H and O–H groups in total. The van der Waals surface area contributed by atoms with Crippen LogP contribution in [0, 0.1) is 0 Å². The number of morpholine rings is 1. The Morgan fingerprint density at radius 1 is 1.11 bits per heavy atom. The maximum Gasteiger partial charge on any atom is 0.145 e.